The third-order valence-electron chi connectivity index (χ3n) is 7.13. The molecule has 1 unspecified atom stereocenters. The van der Waals surface area contributed by atoms with Crippen molar-refractivity contribution in [3.05, 3.63) is 70.8 Å². The Kier molecular flexibility index (Phi) is 13.2. The molecule has 0 fully saturated rings. The molecule has 3 aromatic rings. The smallest absolute Gasteiger partial charge is 0.203 e. The Morgan fingerprint density at radius 3 is 1.33 bits per heavy atom. The van der Waals surface area contributed by atoms with E-state index in [1.165, 1.54) is 12.8 Å². The van der Waals surface area contributed by atoms with Crippen LogP contribution in [0.4, 0.5) is 0 Å². The van der Waals surface area contributed by atoms with Gasteiger partial charge in [0.2, 0.25) is 11.5 Å². The topological polar surface area (TPSA) is 55.4 Å². The van der Waals surface area contributed by atoms with Gasteiger partial charge in [-0.15, -0.1) is 0 Å². The van der Waals surface area contributed by atoms with Crippen LogP contribution in [0, 0.1) is 5.92 Å². The summed E-state index contributed by atoms with van der Waals surface area (Å²) in [7, 11) is 6.58. The van der Waals surface area contributed by atoms with Gasteiger partial charge in [-0.3, -0.25) is 0 Å². The molecule has 6 nitrogen and oxygen atoms in total. The van der Waals surface area contributed by atoms with E-state index in [4.69, 9.17) is 28.4 Å². The van der Waals surface area contributed by atoms with Crippen molar-refractivity contribution in [2.75, 3.05) is 41.7 Å². The van der Waals surface area contributed by atoms with E-state index in [1.54, 1.807) is 28.4 Å². The molecule has 226 valence electrons. The first-order chi connectivity index (χ1) is 20.5. The van der Waals surface area contributed by atoms with Gasteiger partial charge in [-0.1, -0.05) is 81.7 Å². The second kappa shape index (κ2) is 17.0. The van der Waals surface area contributed by atoms with E-state index in [2.05, 4.69) is 50.3 Å². The summed E-state index contributed by atoms with van der Waals surface area (Å²) in [5.74, 6) is 4.41. The van der Waals surface area contributed by atoms with Gasteiger partial charge in [0.1, 0.15) is 0 Å². The lowest BCUT2D eigenvalue weighted by molar-refractivity contribution is 0.215. The average molecular weight is 575 g/mol. The summed E-state index contributed by atoms with van der Waals surface area (Å²) in [6, 6.07) is 16.2. The van der Waals surface area contributed by atoms with Gasteiger partial charge < -0.3 is 28.4 Å². The Bertz CT molecular complexity index is 1260. The fourth-order valence-corrected chi connectivity index (χ4v) is 4.62. The van der Waals surface area contributed by atoms with E-state index in [-0.39, 0.29) is 0 Å². The first-order valence-electron chi connectivity index (χ1n) is 14.7. The minimum atomic E-state index is 0.517. The van der Waals surface area contributed by atoms with Crippen molar-refractivity contribution in [1.82, 2.24) is 0 Å². The van der Waals surface area contributed by atoms with Gasteiger partial charge in [0, 0.05) is 0 Å². The van der Waals surface area contributed by atoms with Crippen molar-refractivity contribution in [1.29, 1.82) is 0 Å². The van der Waals surface area contributed by atoms with Crippen LogP contribution in [0.3, 0.4) is 0 Å². The van der Waals surface area contributed by atoms with Crippen molar-refractivity contribution >= 4 is 24.3 Å². The van der Waals surface area contributed by atoms with Crippen molar-refractivity contribution < 1.29 is 28.4 Å². The molecule has 0 bridgehead atoms. The molecule has 0 aromatic heterocycles. The summed E-state index contributed by atoms with van der Waals surface area (Å²) in [6.07, 6.45) is 12.9. The number of benzene rings is 3. The normalized spacial score (nSPS) is 12.0. The van der Waals surface area contributed by atoms with Crippen LogP contribution in [0.5, 0.6) is 34.5 Å². The van der Waals surface area contributed by atoms with Crippen LogP contribution in [0.2, 0.25) is 0 Å². The maximum Gasteiger partial charge on any atom is 0.203 e. The summed E-state index contributed by atoms with van der Waals surface area (Å²) in [4.78, 5) is 0. The molecule has 3 rings (SSSR count). The third-order valence-corrected chi connectivity index (χ3v) is 7.13. The Morgan fingerprint density at radius 1 is 0.571 bits per heavy atom. The SMILES string of the molecule is CCCCC(CC)COc1c(OC)cc(/C=C/c2ccc(/C=C/c3cc(OC)c(OCC)c(OC)c3)cc2)cc1OC. The van der Waals surface area contributed by atoms with E-state index in [9.17, 15) is 0 Å². The van der Waals surface area contributed by atoms with E-state index in [0.717, 1.165) is 35.1 Å². The van der Waals surface area contributed by atoms with E-state index >= 15 is 0 Å². The highest BCUT2D eigenvalue weighted by Gasteiger charge is 2.16. The standard InChI is InChI=1S/C36H46O6/c1-8-11-12-26(9-2)25-42-36-33(39-6)23-30(24-34(36)40-7)20-18-28-15-13-27(14-16-28)17-19-29-21-31(37-4)35(41-10-3)32(22-29)38-5/h13-24,26H,8-12,25H2,1-7H3/b19-17+,20-18+. The van der Waals surface area contributed by atoms with Gasteiger partial charge in [-0.25, -0.2) is 0 Å². The quantitative estimate of drug-likeness (QED) is 0.150. The van der Waals surface area contributed by atoms with Gasteiger partial charge in [0.25, 0.3) is 0 Å². The van der Waals surface area contributed by atoms with Gasteiger partial charge in [0.15, 0.2) is 23.0 Å². The molecule has 3 aromatic carbocycles. The van der Waals surface area contributed by atoms with Gasteiger partial charge >= 0.3 is 0 Å². The highest BCUT2D eigenvalue weighted by Crippen LogP contribution is 2.40. The minimum Gasteiger partial charge on any atom is -0.493 e. The molecular weight excluding hydrogens is 528 g/mol. The van der Waals surface area contributed by atoms with Gasteiger partial charge in [-0.05, 0) is 65.8 Å². The van der Waals surface area contributed by atoms with Crippen molar-refractivity contribution in [3.8, 4) is 34.5 Å². The molecule has 0 saturated heterocycles. The average Bonchev–Trinajstić information content (AvgIpc) is 3.03. The molecular formula is C36H46O6. The van der Waals surface area contributed by atoms with Crippen LogP contribution >= 0.6 is 0 Å². The molecule has 0 aliphatic rings. The number of hydrogen-bond donors (Lipinski definition) is 0. The first-order valence-corrected chi connectivity index (χ1v) is 14.7. The van der Waals surface area contributed by atoms with Crippen LogP contribution in [-0.2, 0) is 0 Å². The number of methoxy groups -OCH3 is 4. The summed E-state index contributed by atoms with van der Waals surface area (Å²) >= 11 is 0. The lowest BCUT2D eigenvalue weighted by Gasteiger charge is -2.19. The van der Waals surface area contributed by atoms with Crippen LogP contribution in [0.15, 0.2) is 48.5 Å². The molecule has 42 heavy (non-hydrogen) atoms. The Hall–Kier alpha value is -4.06. The van der Waals surface area contributed by atoms with Gasteiger partial charge in [0.05, 0.1) is 41.7 Å². The van der Waals surface area contributed by atoms with E-state index in [0.29, 0.717) is 53.6 Å². The number of hydrogen-bond acceptors (Lipinski definition) is 6. The molecule has 0 amide bonds. The minimum absolute atomic E-state index is 0.517. The van der Waals surface area contributed by atoms with Gasteiger partial charge in [-0.2, -0.15) is 0 Å². The molecule has 0 spiro atoms. The molecule has 0 aliphatic carbocycles. The maximum atomic E-state index is 6.23. The van der Waals surface area contributed by atoms with Crippen LogP contribution in [-0.4, -0.2) is 41.7 Å². The molecule has 0 radical (unpaired) electrons. The lowest BCUT2D eigenvalue weighted by atomic mass is 10.0. The van der Waals surface area contributed by atoms with Crippen LogP contribution in [0.25, 0.3) is 24.3 Å². The Morgan fingerprint density at radius 2 is 0.976 bits per heavy atom. The largest absolute Gasteiger partial charge is 0.493 e. The Balaban J connectivity index is 1.73. The van der Waals surface area contributed by atoms with Crippen molar-refractivity contribution in [2.45, 2.75) is 46.5 Å². The monoisotopic (exact) mass is 574 g/mol. The summed E-state index contributed by atoms with van der Waals surface area (Å²) in [5.41, 5.74) is 4.08. The molecule has 0 aliphatic heterocycles. The molecule has 0 heterocycles. The predicted molar refractivity (Wildman–Crippen MR) is 173 cm³/mol. The zero-order valence-electron chi connectivity index (χ0n) is 26.2. The van der Waals surface area contributed by atoms with E-state index < -0.39 is 0 Å². The van der Waals surface area contributed by atoms with Crippen LogP contribution < -0.4 is 28.4 Å². The summed E-state index contributed by atoms with van der Waals surface area (Å²) in [6.45, 7) is 7.55. The first kappa shape index (κ1) is 32.5. The lowest BCUT2D eigenvalue weighted by Crippen LogP contribution is -2.12. The summed E-state index contributed by atoms with van der Waals surface area (Å²) in [5, 5.41) is 0. The fourth-order valence-electron chi connectivity index (χ4n) is 4.62. The predicted octanol–water partition coefficient (Wildman–Crippen LogP) is 9.06. The summed E-state index contributed by atoms with van der Waals surface area (Å²) < 4.78 is 34.3. The second-order valence-corrected chi connectivity index (χ2v) is 10.0. The number of unbranched alkanes of at least 4 members (excludes halogenated alkanes) is 1. The van der Waals surface area contributed by atoms with E-state index in [1.807, 2.05) is 43.3 Å². The second-order valence-electron chi connectivity index (χ2n) is 10.0. The zero-order chi connectivity index (χ0) is 30.3. The zero-order valence-corrected chi connectivity index (χ0v) is 26.2. The number of ether oxygens (including phenoxy) is 6. The maximum absolute atomic E-state index is 6.23. The highest BCUT2D eigenvalue weighted by atomic mass is 16.5. The van der Waals surface area contributed by atoms with Crippen LogP contribution in [0.1, 0.15) is 68.7 Å². The fraction of sp³-hybridized carbons (Fsp3) is 0.389. The molecule has 1 atom stereocenters. The third kappa shape index (κ3) is 8.97. The van der Waals surface area contributed by atoms with Crippen molar-refractivity contribution in [2.24, 2.45) is 5.92 Å². The molecule has 0 saturated carbocycles. The Labute approximate surface area is 251 Å². The highest BCUT2D eigenvalue weighted by molar-refractivity contribution is 5.75. The molecule has 0 N–H and O–H groups in total. The van der Waals surface area contributed by atoms with Crippen molar-refractivity contribution in [3.63, 3.8) is 0 Å². The molecule has 6 heteroatoms. The number of rotatable bonds is 17.